The predicted molar refractivity (Wildman–Crippen MR) is 87.6 cm³/mol. The number of nitrogens with one attached hydrogen (secondary N) is 1. The molecule has 22 heavy (non-hydrogen) atoms. The van der Waals surface area contributed by atoms with Gasteiger partial charge in [0.1, 0.15) is 0 Å². The topological polar surface area (TPSA) is 72.9 Å². The average Bonchev–Trinajstić information content (AvgIpc) is 3.01. The Balaban J connectivity index is 2.04. The van der Waals surface area contributed by atoms with Crippen LogP contribution in [0.5, 0.6) is 0 Å². The Hall–Kier alpha value is -2.14. The van der Waals surface area contributed by atoms with Crippen molar-refractivity contribution in [2.24, 2.45) is 5.73 Å². The van der Waals surface area contributed by atoms with Gasteiger partial charge in [-0.2, -0.15) is 5.10 Å². The number of amides is 1. The van der Waals surface area contributed by atoms with Crippen LogP contribution >= 0.6 is 0 Å². The smallest absolute Gasteiger partial charge is 0.240 e. The molecule has 0 aliphatic rings. The Bertz CT molecular complexity index is 602. The van der Waals surface area contributed by atoms with Crippen LogP contribution in [0.25, 0.3) is 5.69 Å². The fraction of sp³-hybridized carbons (Fsp3) is 0.412. The summed E-state index contributed by atoms with van der Waals surface area (Å²) in [4.78, 5) is 12.2. The Morgan fingerprint density at radius 2 is 2.09 bits per heavy atom. The van der Waals surface area contributed by atoms with Crippen molar-refractivity contribution in [2.45, 2.75) is 45.2 Å². The van der Waals surface area contributed by atoms with Crippen molar-refractivity contribution in [3.8, 4) is 5.69 Å². The van der Waals surface area contributed by atoms with E-state index in [0.717, 1.165) is 17.7 Å². The Morgan fingerprint density at radius 1 is 1.41 bits per heavy atom. The molecule has 0 saturated carbocycles. The predicted octanol–water partition coefficient (Wildman–Crippen LogP) is 2.57. The molecule has 5 heteroatoms. The summed E-state index contributed by atoms with van der Waals surface area (Å²) in [6.45, 7) is 5.76. The van der Waals surface area contributed by atoms with Crippen LogP contribution < -0.4 is 11.1 Å². The van der Waals surface area contributed by atoms with Crippen LogP contribution in [-0.2, 0) is 4.79 Å². The van der Waals surface area contributed by atoms with Crippen LogP contribution in [0.4, 0.5) is 0 Å². The molecule has 0 aliphatic carbocycles. The molecule has 1 heterocycles. The SMILES string of the molecule is CCCC(C)(N)C(=O)NC(C)c1ccc(-n2cccn2)cc1. The van der Waals surface area contributed by atoms with Gasteiger partial charge in [0.2, 0.25) is 5.91 Å². The van der Waals surface area contributed by atoms with Crippen molar-refractivity contribution in [2.75, 3.05) is 0 Å². The maximum absolute atomic E-state index is 12.2. The summed E-state index contributed by atoms with van der Waals surface area (Å²) < 4.78 is 1.80. The van der Waals surface area contributed by atoms with Gasteiger partial charge in [0, 0.05) is 12.4 Å². The first kappa shape index (κ1) is 16.2. The molecule has 2 rings (SSSR count). The van der Waals surface area contributed by atoms with Crippen molar-refractivity contribution in [1.82, 2.24) is 15.1 Å². The first-order valence-electron chi connectivity index (χ1n) is 7.64. The molecule has 3 N–H and O–H groups in total. The first-order chi connectivity index (χ1) is 10.4. The van der Waals surface area contributed by atoms with E-state index >= 15 is 0 Å². The summed E-state index contributed by atoms with van der Waals surface area (Å²) in [5.41, 5.74) is 7.27. The number of benzene rings is 1. The highest BCUT2D eigenvalue weighted by Crippen LogP contribution is 2.17. The Morgan fingerprint density at radius 3 is 2.64 bits per heavy atom. The van der Waals surface area contributed by atoms with Gasteiger partial charge in [-0.25, -0.2) is 4.68 Å². The normalized spacial score (nSPS) is 15.1. The van der Waals surface area contributed by atoms with Crippen molar-refractivity contribution >= 4 is 5.91 Å². The average molecular weight is 300 g/mol. The second-order valence-corrected chi connectivity index (χ2v) is 5.90. The quantitative estimate of drug-likeness (QED) is 0.861. The molecule has 2 atom stereocenters. The molecule has 0 saturated heterocycles. The summed E-state index contributed by atoms with van der Waals surface area (Å²) in [5.74, 6) is -0.113. The lowest BCUT2D eigenvalue weighted by Gasteiger charge is -2.25. The van der Waals surface area contributed by atoms with Crippen molar-refractivity contribution in [1.29, 1.82) is 0 Å². The molecule has 0 spiro atoms. The number of aromatic nitrogens is 2. The zero-order valence-corrected chi connectivity index (χ0v) is 13.4. The molecule has 2 aromatic rings. The zero-order chi connectivity index (χ0) is 16.2. The monoisotopic (exact) mass is 300 g/mol. The minimum absolute atomic E-state index is 0.0843. The third-order valence-corrected chi connectivity index (χ3v) is 3.80. The summed E-state index contributed by atoms with van der Waals surface area (Å²) >= 11 is 0. The van der Waals surface area contributed by atoms with E-state index in [1.165, 1.54) is 0 Å². The summed E-state index contributed by atoms with van der Waals surface area (Å²) in [6.07, 6.45) is 5.19. The van der Waals surface area contributed by atoms with E-state index in [1.54, 1.807) is 17.8 Å². The summed E-state index contributed by atoms with van der Waals surface area (Å²) in [6, 6.07) is 9.76. The lowest BCUT2D eigenvalue weighted by molar-refractivity contribution is -0.126. The molecule has 1 amide bonds. The van der Waals surface area contributed by atoms with Gasteiger partial charge < -0.3 is 11.1 Å². The molecule has 0 radical (unpaired) electrons. The number of rotatable bonds is 6. The molecule has 1 aromatic heterocycles. The van der Waals surface area contributed by atoms with Gasteiger partial charge in [0.05, 0.1) is 17.3 Å². The largest absolute Gasteiger partial charge is 0.348 e. The van der Waals surface area contributed by atoms with Gasteiger partial charge in [-0.1, -0.05) is 25.5 Å². The second-order valence-electron chi connectivity index (χ2n) is 5.90. The van der Waals surface area contributed by atoms with Gasteiger partial charge in [0.15, 0.2) is 0 Å². The zero-order valence-electron chi connectivity index (χ0n) is 13.4. The lowest BCUT2D eigenvalue weighted by Crippen LogP contribution is -2.52. The Labute approximate surface area is 131 Å². The van der Waals surface area contributed by atoms with Crippen molar-refractivity contribution in [3.05, 3.63) is 48.3 Å². The number of hydrogen-bond donors (Lipinski definition) is 2. The molecular formula is C17H24N4O. The highest BCUT2D eigenvalue weighted by molar-refractivity contribution is 5.85. The fourth-order valence-corrected chi connectivity index (χ4v) is 2.41. The number of carbonyl (C=O) groups is 1. The van der Waals surface area contributed by atoms with E-state index in [9.17, 15) is 4.79 Å². The number of nitrogens with zero attached hydrogens (tertiary/aromatic N) is 2. The van der Waals surface area contributed by atoms with Crippen molar-refractivity contribution in [3.63, 3.8) is 0 Å². The van der Waals surface area contributed by atoms with E-state index < -0.39 is 5.54 Å². The first-order valence-corrected chi connectivity index (χ1v) is 7.64. The molecule has 0 aliphatic heterocycles. The van der Waals surface area contributed by atoms with Gasteiger partial charge in [0.25, 0.3) is 0 Å². The van der Waals surface area contributed by atoms with Crippen LogP contribution in [-0.4, -0.2) is 21.2 Å². The number of nitrogens with two attached hydrogens (primary N) is 1. The fourth-order valence-electron chi connectivity index (χ4n) is 2.41. The highest BCUT2D eigenvalue weighted by Gasteiger charge is 2.28. The maximum atomic E-state index is 12.2. The van der Waals surface area contributed by atoms with Crippen LogP contribution in [0.15, 0.2) is 42.7 Å². The van der Waals surface area contributed by atoms with Gasteiger partial charge in [-0.3, -0.25) is 4.79 Å². The molecule has 0 fully saturated rings. The van der Waals surface area contributed by atoms with E-state index in [-0.39, 0.29) is 11.9 Å². The maximum Gasteiger partial charge on any atom is 0.240 e. The lowest BCUT2D eigenvalue weighted by atomic mass is 9.95. The molecule has 1 aromatic carbocycles. The minimum atomic E-state index is -0.821. The van der Waals surface area contributed by atoms with Crippen LogP contribution in [0, 0.1) is 0 Å². The van der Waals surface area contributed by atoms with E-state index in [1.807, 2.05) is 50.4 Å². The van der Waals surface area contributed by atoms with E-state index in [4.69, 9.17) is 5.73 Å². The Kier molecular flexibility index (Phi) is 4.98. The van der Waals surface area contributed by atoms with Crippen molar-refractivity contribution < 1.29 is 4.79 Å². The molecular weight excluding hydrogens is 276 g/mol. The van der Waals surface area contributed by atoms with Gasteiger partial charge in [-0.15, -0.1) is 0 Å². The van der Waals surface area contributed by atoms with Crippen LogP contribution in [0.2, 0.25) is 0 Å². The second kappa shape index (κ2) is 6.75. The summed E-state index contributed by atoms with van der Waals surface area (Å²) in [5, 5.41) is 7.18. The third-order valence-electron chi connectivity index (χ3n) is 3.80. The summed E-state index contributed by atoms with van der Waals surface area (Å²) in [7, 11) is 0. The molecule has 2 unspecified atom stereocenters. The number of carbonyl (C=O) groups excluding carboxylic acids is 1. The van der Waals surface area contributed by atoms with Crippen LogP contribution in [0.1, 0.15) is 45.2 Å². The van der Waals surface area contributed by atoms with Gasteiger partial charge >= 0.3 is 0 Å². The molecule has 5 nitrogen and oxygen atoms in total. The van der Waals surface area contributed by atoms with E-state index in [2.05, 4.69) is 10.4 Å². The molecule has 118 valence electrons. The highest BCUT2D eigenvalue weighted by atomic mass is 16.2. The number of hydrogen-bond acceptors (Lipinski definition) is 3. The minimum Gasteiger partial charge on any atom is -0.348 e. The van der Waals surface area contributed by atoms with Crippen LogP contribution in [0.3, 0.4) is 0 Å². The van der Waals surface area contributed by atoms with Gasteiger partial charge in [-0.05, 0) is 44.0 Å². The third kappa shape index (κ3) is 3.74. The standard InChI is InChI=1S/C17H24N4O/c1-4-10-17(3,18)16(22)20-13(2)14-6-8-15(9-7-14)21-12-5-11-19-21/h5-9,11-13H,4,10,18H2,1-3H3,(H,20,22). The van der Waals surface area contributed by atoms with E-state index in [0.29, 0.717) is 6.42 Å². The molecule has 0 bridgehead atoms.